The first-order valence-electron chi connectivity index (χ1n) is 6.16. The molecule has 3 rings (SSSR count). The second kappa shape index (κ2) is 5.08. The van der Waals surface area contributed by atoms with Crippen LogP contribution in [-0.2, 0) is 26.3 Å². The normalized spacial score (nSPS) is 17.1. The van der Waals surface area contributed by atoms with Gasteiger partial charge in [0.1, 0.15) is 0 Å². The number of thiazole rings is 1. The van der Waals surface area contributed by atoms with Crippen LogP contribution >= 0.6 is 11.3 Å². The fourth-order valence-electron chi connectivity index (χ4n) is 2.23. The van der Waals surface area contributed by atoms with Crippen molar-refractivity contribution in [1.82, 2.24) is 4.98 Å². The number of aromatic nitrogens is 1. The van der Waals surface area contributed by atoms with Crippen molar-refractivity contribution in [3.63, 3.8) is 0 Å². The zero-order valence-corrected chi connectivity index (χ0v) is 13.3. The van der Waals surface area contributed by atoms with E-state index in [0.717, 1.165) is 0 Å². The van der Waals surface area contributed by atoms with Crippen LogP contribution in [0.2, 0.25) is 0 Å². The number of hydrogen-bond acceptors (Lipinski definition) is 6. The van der Waals surface area contributed by atoms with Crippen LogP contribution in [0.15, 0.2) is 39.6 Å². The fraction of sp³-hybridized carbons (Fsp3) is 0.250. The Balaban J connectivity index is 2.01. The van der Waals surface area contributed by atoms with Crippen LogP contribution in [0.4, 0.5) is 5.13 Å². The van der Waals surface area contributed by atoms with Crippen molar-refractivity contribution in [3.05, 3.63) is 35.3 Å². The average Bonchev–Trinajstić information content (AvgIpc) is 2.90. The summed E-state index contributed by atoms with van der Waals surface area (Å²) in [6.07, 6.45) is 2.58. The van der Waals surface area contributed by atoms with Crippen molar-refractivity contribution in [2.24, 2.45) is 0 Å². The minimum atomic E-state index is -3.75. The lowest BCUT2D eigenvalue weighted by Gasteiger charge is -2.17. The Labute approximate surface area is 126 Å². The van der Waals surface area contributed by atoms with Crippen LogP contribution in [0.5, 0.6) is 0 Å². The van der Waals surface area contributed by atoms with Gasteiger partial charge in [-0.1, -0.05) is 0 Å². The van der Waals surface area contributed by atoms with Gasteiger partial charge < -0.3 is 0 Å². The number of rotatable bonds is 3. The van der Waals surface area contributed by atoms with E-state index in [1.54, 1.807) is 5.38 Å². The molecule has 1 aliphatic rings. The fourth-order valence-corrected chi connectivity index (χ4v) is 5.65. The van der Waals surface area contributed by atoms with E-state index >= 15 is 0 Å². The van der Waals surface area contributed by atoms with Gasteiger partial charge >= 0.3 is 0 Å². The Kier molecular flexibility index (Phi) is 3.50. The van der Waals surface area contributed by atoms with E-state index in [9.17, 15) is 16.8 Å². The summed E-state index contributed by atoms with van der Waals surface area (Å²) in [7, 11) is -7.03. The summed E-state index contributed by atoms with van der Waals surface area (Å²) >= 11 is 1.18. The molecule has 1 aliphatic heterocycles. The summed E-state index contributed by atoms with van der Waals surface area (Å²) in [6.45, 7) is 0. The minimum Gasteiger partial charge on any atom is -0.255 e. The van der Waals surface area contributed by atoms with E-state index in [1.165, 1.54) is 35.7 Å². The van der Waals surface area contributed by atoms with Crippen molar-refractivity contribution >= 4 is 36.3 Å². The molecule has 112 valence electrons. The third-order valence-corrected chi connectivity index (χ3v) is 7.24. The van der Waals surface area contributed by atoms with Gasteiger partial charge in [-0.3, -0.25) is 4.72 Å². The number of benzene rings is 1. The van der Waals surface area contributed by atoms with E-state index in [-0.39, 0.29) is 20.7 Å². The minimum absolute atomic E-state index is 0.0496. The van der Waals surface area contributed by atoms with Crippen LogP contribution in [0.25, 0.3) is 0 Å². The van der Waals surface area contributed by atoms with Gasteiger partial charge in [0.25, 0.3) is 10.0 Å². The van der Waals surface area contributed by atoms with E-state index in [4.69, 9.17) is 0 Å². The van der Waals surface area contributed by atoms with E-state index < -0.39 is 19.9 Å². The topological polar surface area (TPSA) is 93.2 Å². The van der Waals surface area contributed by atoms with E-state index in [1.807, 2.05) is 0 Å². The Bertz CT molecular complexity index is 871. The number of nitrogens with zero attached hydrogens (tertiary/aromatic N) is 1. The highest BCUT2D eigenvalue weighted by Gasteiger charge is 2.25. The molecule has 2 heterocycles. The molecule has 0 unspecified atom stereocenters. The molecule has 6 nitrogen and oxygen atoms in total. The van der Waals surface area contributed by atoms with Gasteiger partial charge in [-0.15, -0.1) is 11.3 Å². The predicted molar refractivity (Wildman–Crippen MR) is 79.7 cm³/mol. The van der Waals surface area contributed by atoms with Crippen LogP contribution in [-0.4, -0.2) is 27.6 Å². The molecule has 0 bridgehead atoms. The largest absolute Gasteiger partial charge is 0.263 e. The quantitative estimate of drug-likeness (QED) is 0.914. The second-order valence-corrected chi connectivity index (χ2v) is 9.29. The van der Waals surface area contributed by atoms with Gasteiger partial charge in [0.2, 0.25) is 0 Å². The lowest BCUT2D eigenvalue weighted by Crippen LogP contribution is -2.18. The molecule has 21 heavy (non-hydrogen) atoms. The predicted octanol–water partition coefficient (Wildman–Crippen LogP) is 1.66. The summed E-state index contributed by atoms with van der Waals surface area (Å²) in [6, 6.07) is 4.12. The summed E-state index contributed by atoms with van der Waals surface area (Å²) in [5.74, 6) is 0.115. The van der Waals surface area contributed by atoms with E-state index in [0.29, 0.717) is 18.4 Å². The maximum absolute atomic E-state index is 12.3. The number of sulfonamides is 1. The monoisotopic (exact) mass is 344 g/mol. The van der Waals surface area contributed by atoms with Crippen molar-refractivity contribution < 1.29 is 16.8 Å². The zero-order chi connectivity index (χ0) is 15.1. The highest BCUT2D eigenvalue weighted by Crippen LogP contribution is 2.28. The van der Waals surface area contributed by atoms with Gasteiger partial charge in [-0.25, -0.2) is 21.8 Å². The number of hydrogen-bond donors (Lipinski definition) is 1. The van der Waals surface area contributed by atoms with Gasteiger partial charge in [0, 0.05) is 11.6 Å². The summed E-state index contributed by atoms with van der Waals surface area (Å²) in [5, 5.41) is 1.94. The third-order valence-electron chi connectivity index (χ3n) is 3.19. The molecule has 0 saturated carbocycles. The smallest absolute Gasteiger partial charge is 0.255 e. The highest BCUT2D eigenvalue weighted by molar-refractivity contribution is 7.93. The molecule has 0 saturated heterocycles. The molecule has 0 radical (unpaired) electrons. The SMILES string of the molecule is O=S1(=O)CCCc2cc(S(=O)(=O)Nc3nccs3)ccc21. The first-order valence-corrected chi connectivity index (χ1v) is 10.2. The van der Waals surface area contributed by atoms with Gasteiger partial charge in [0.05, 0.1) is 15.5 Å². The van der Waals surface area contributed by atoms with Gasteiger partial charge in [0.15, 0.2) is 15.0 Å². The first-order chi connectivity index (χ1) is 9.88. The van der Waals surface area contributed by atoms with Crippen LogP contribution in [0.1, 0.15) is 12.0 Å². The molecule has 0 spiro atoms. The average molecular weight is 344 g/mol. The summed E-state index contributed by atoms with van der Waals surface area (Å²) in [4.78, 5) is 4.16. The molecule has 2 aromatic rings. The number of nitrogens with one attached hydrogen (secondary N) is 1. The number of sulfone groups is 1. The lowest BCUT2D eigenvalue weighted by molar-refractivity contribution is 0.584. The molecule has 0 fully saturated rings. The Hall–Kier alpha value is -1.45. The number of fused-ring (bicyclic) bond motifs is 1. The van der Waals surface area contributed by atoms with Gasteiger partial charge in [-0.05, 0) is 36.6 Å². The van der Waals surface area contributed by atoms with Crippen LogP contribution in [0.3, 0.4) is 0 Å². The third kappa shape index (κ3) is 2.81. The maximum atomic E-state index is 12.3. The molecule has 1 N–H and O–H groups in total. The standard InChI is InChI=1S/C12H12N2O4S3/c15-20(16)7-1-2-9-8-10(3-4-11(9)20)21(17,18)14-12-13-5-6-19-12/h3-6,8H,1-2,7H2,(H,13,14). The van der Waals surface area contributed by atoms with Crippen LogP contribution < -0.4 is 4.72 Å². The molecule has 0 atom stereocenters. The summed E-state index contributed by atoms with van der Waals surface area (Å²) in [5.41, 5.74) is 0.559. The first kappa shape index (κ1) is 14.5. The van der Waals surface area contributed by atoms with Crippen LogP contribution in [0, 0.1) is 0 Å². The molecule has 1 aromatic heterocycles. The number of aryl methyl sites for hydroxylation is 1. The lowest BCUT2D eigenvalue weighted by atomic mass is 10.1. The van der Waals surface area contributed by atoms with Crippen molar-refractivity contribution in [2.45, 2.75) is 22.6 Å². The maximum Gasteiger partial charge on any atom is 0.263 e. The summed E-state index contributed by atoms with van der Waals surface area (Å²) < 4.78 is 50.7. The molecule has 9 heteroatoms. The molecular weight excluding hydrogens is 332 g/mol. The Morgan fingerprint density at radius 3 is 2.81 bits per heavy atom. The Morgan fingerprint density at radius 2 is 2.10 bits per heavy atom. The van der Waals surface area contributed by atoms with Crippen molar-refractivity contribution in [1.29, 1.82) is 0 Å². The second-order valence-electron chi connectivity index (χ2n) is 4.63. The van der Waals surface area contributed by atoms with E-state index in [2.05, 4.69) is 9.71 Å². The van der Waals surface area contributed by atoms with Gasteiger partial charge in [-0.2, -0.15) is 0 Å². The highest BCUT2D eigenvalue weighted by atomic mass is 32.2. The molecule has 0 aliphatic carbocycles. The van der Waals surface area contributed by atoms with Crippen molar-refractivity contribution in [2.75, 3.05) is 10.5 Å². The zero-order valence-electron chi connectivity index (χ0n) is 10.8. The number of anilines is 1. The molecular formula is C12H12N2O4S3. The Morgan fingerprint density at radius 1 is 1.29 bits per heavy atom. The molecule has 0 amide bonds. The van der Waals surface area contributed by atoms with Crippen molar-refractivity contribution in [3.8, 4) is 0 Å². The molecule has 1 aromatic carbocycles.